The van der Waals surface area contributed by atoms with Gasteiger partial charge in [0.15, 0.2) is 0 Å². The summed E-state index contributed by atoms with van der Waals surface area (Å²) in [5, 5.41) is 3.81. The molecule has 3 nitrogen and oxygen atoms in total. The van der Waals surface area contributed by atoms with Crippen LogP contribution in [0, 0.1) is 23.2 Å². The number of fused-ring (bicyclic) bond motifs is 2. The number of imidazole rings is 1. The maximum atomic E-state index is 4.52. The van der Waals surface area contributed by atoms with Crippen molar-refractivity contribution >= 4 is 0 Å². The zero-order valence-electron chi connectivity index (χ0n) is 14.5. The van der Waals surface area contributed by atoms with Crippen molar-refractivity contribution < 1.29 is 0 Å². The van der Waals surface area contributed by atoms with E-state index >= 15 is 0 Å². The van der Waals surface area contributed by atoms with Gasteiger partial charge in [0.2, 0.25) is 0 Å². The normalized spacial score (nSPS) is 34.6. The second kappa shape index (κ2) is 4.84. The minimum absolute atomic E-state index is 0.110. The molecule has 4 atom stereocenters. The molecule has 1 aromatic rings. The van der Waals surface area contributed by atoms with Crippen LogP contribution in [0.2, 0.25) is 0 Å². The second-order valence-electron chi connectivity index (χ2n) is 8.92. The van der Waals surface area contributed by atoms with E-state index in [1.807, 2.05) is 6.33 Å². The number of H-pyrrole nitrogens is 1. The highest BCUT2D eigenvalue weighted by Crippen LogP contribution is 2.61. The molecular formula is C18H31N3. The average Bonchev–Trinajstić information content (AvgIpc) is 2.85. The fraction of sp³-hybridized carbons (Fsp3) is 0.833. The molecule has 3 fully saturated rings. The predicted octanol–water partition coefficient (Wildman–Crippen LogP) is 3.87. The van der Waals surface area contributed by atoms with Crippen LogP contribution in [0.15, 0.2) is 6.33 Å². The zero-order valence-corrected chi connectivity index (χ0v) is 14.5. The van der Waals surface area contributed by atoms with Crippen LogP contribution in [0.25, 0.3) is 0 Å². The minimum atomic E-state index is 0.110. The van der Waals surface area contributed by atoms with E-state index in [0.29, 0.717) is 11.5 Å². The molecule has 0 aromatic carbocycles. The third kappa shape index (κ3) is 2.44. The van der Waals surface area contributed by atoms with Crippen LogP contribution >= 0.6 is 0 Å². The number of aromatic amines is 1. The molecular weight excluding hydrogens is 258 g/mol. The average molecular weight is 289 g/mol. The lowest BCUT2D eigenvalue weighted by Gasteiger charge is -2.62. The van der Waals surface area contributed by atoms with Crippen molar-refractivity contribution in [2.45, 2.75) is 72.4 Å². The van der Waals surface area contributed by atoms with E-state index in [1.165, 1.54) is 24.2 Å². The fourth-order valence-corrected chi connectivity index (χ4v) is 4.75. The van der Waals surface area contributed by atoms with Gasteiger partial charge < -0.3 is 10.3 Å². The Hall–Kier alpha value is -0.830. The Bertz CT molecular complexity index is 509. The quantitative estimate of drug-likeness (QED) is 0.887. The Labute approximate surface area is 129 Å². The molecule has 2 N–H and O–H groups in total. The Morgan fingerprint density at radius 3 is 2.62 bits per heavy atom. The van der Waals surface area contributed by atoms with Crippen LogP contribution in [0.4, 0.5) is 0 Å². The standard InChI is InChI=1S/C18H31N3/c1-11-13-7-12(18(13,5)6)8-14(11)19-9-15-16(17(2,3)4)21-10-20-15/h10-14,19H,7-9H2,1-6H3,(H,20,21)/t11-,12+,13-,14-/m1/s1. The van der Waals surface area contributed by atoms with Crippen molar-refractivity contribution in [1.29, 1.82) is 0 Å². The van der Waals surface area contributed by atoms with E-state index in [-0.39, 0.29) is 5.41 Å². The van der Waals surface area contributed by atoms with Crippen LogP contribution in [0.1, 0.15) is 65.8 Å². The number of hydrogen-bond acceptors (Lipinski definition) is 2. The summed E-state index contributed by atoms with van der Waals surface area (Å²) in [6.45, 7) is 15.0. The van der Waals surface area contributed by atoms with Crippen LogP contribution in [0.5, 0.6) is 0 Å². The van der Waals surface area contributed by atoms with Crippen LogP contribution in [0.3, 0.4) is 0 Å². The van der Waals surface area contributed by atoms with Crippen molar-refractivity contribution in [2.24, 2.45) is 23.2 Å². The molecule has 3 aliphatic rings. The second-order valence-corrected chi connectivity index (χ2v) is 8.92. The summed E-state index contributed by atoms with van der Waals surface area (Å²) >= 11 is 0. The van der Waals surface area contributed by atoms with Gasteiger partial charge in [-0.05, 0) is 36.0 Å². The van der Waals surface area contributed by atoms with Gasteiger partial charge in [0.1, 0.15) is 0 Å². The minimum Gasteiger partial charge on any atom is -0.347 e. The van der Waals surface area contributed by atoms with Gasteiger partial charge in [0.25, 0.3) is 0 Å². The molecule has 0 amide bonds. The van der Waals surface area contributed by atoms with Crippen LogP contribution in [-0.2, 0) is 12.0 Å². The highest BCUT2D eigenvalue weighted by atomic mass is 15.0. The van der Waals surface area contributed by atoms with Gasteiger partial charge in [-0.3, -0.25) is 0 Å². The zero-order chi connectivity index (χ0) is 15.4. The van der Waals surface area contributed by atoms with Crippen molar-refractivity contribution in [3.63, 3.8) is 0 Å². The first kappa shape index (κ1) is 15.1. The molecule has 2 bridgehead atoms. The summed E-state index contributed by atoms with van der Waals surface area (Å²) in [7, 11) is 0. The van der Waals surface area contributed by atoms with Crippen molar-refractivity contribution in [2.75, 3.05) is 0 Å². The summed E-state index contributed by atoms with van der Waals surface area (Å²) < 4.78 is 0. The van der Waals surface area contributed by atoms with Gasteiger partial charge in [0, 0.05) is 18.0 Å². The Balaban J connectivity index is 1.64. The Morgan fingerprint density at radius 2 is 2.05 bits per heavy atom. The van der Waals surface area contributed by atoms with Crippen molar-refractivity contribution in [3.05, 3.63) is 17.7 Å². The first-order valence-corrected chi connectivity index (χ1v) is 8.47. The van der Waals surface area contributed by atoms with Crippen molar-refractivity contribution in [1.82, 2.24) is 15.3 Å². The molecule has 118 valence electrons. The van der Waals surface area contributed by atoms with Gasteiger partial charge in [-0.2, -0.15) is 0 Å². The van der Waals surface area contributed by atoms with E-state index in [9.17, 15) is 0 Å². The number of aromatic nitrogens is 2. The molecule has 0 saturated heterocycles. The van der Waals surface area contributed by atoms with E-state index in [1.54, 1.807) is 0 Å². The lowest BCUT2D eigenvalue weighted by molar-refractivity contribution is -0.115. The Morgan fingerprint density at radius 1 is 1.33 bits per heavy atom. The van der Waals surface area contributed by atoms with E-state index in [2.05, 4.69) is 56.8 Å². The van der Waals surface area contributed by atoms with E-state index < -0.39 is 0 Å². The van der Waals surface area contributed by atoms with E-state index in [4.69, 9.17) is 0 Å². The lowest BCUT2D eigenvalue weighted by atomic mass is 9.45. The third-order valence-corrected chi connectivity index (χ3v) is 6.32. The topological polar surface area (TPSA) is 40.7 Å². The largest absolute Gasteiger partial charge is 0.347 e. The highest BCUT2D eigenvalue weighted by Gasteiger charge is 2.55. The maximum Gasteiger partial charge on any atom is 0.0925 e. The lowest BCUT2D eigenvalue weighted by Crippen LogP contribution is -2.59. The molecule has 0 unspecified atom stereocenters. The molecule has 0 spiro atoms. The Kier molecular flexibility index (Phi) is 3.47. The van der Waals surface area contributed by atoms with Gasteiger partial charge in [0.05, 0.1) is 17.7 Å². The molecule has 0 aliphatic heterocycles. The monoisotopic (exact) mass is 289 g/mol. The highest BCUT2D eigenvalue weighted by molar-refractivity contribution is 5.19. The molecule has 1 heterocycles. The number of nitrogens with one attached hydrogen (secondary N) is 2. The van der Waals surface area contributed by atoms with Crippen molar-refractivity contribution in [3.8, 4) is 0 Å². The third-order valence-electron chi connectivity index (χ3n) is 6.32. The van der Waals surface area contributed by atoms with Crippen LogP contribution < -0.4 is 5.32 Å². The summed E-state index contributed by atoms with van der Waals surface area (Å²) in [5.74, 6) is 2.60. The van der Waals surface area contributed by atoms with Gasteiger partial charge in [-0.15, -0.1) is 0 Å². The summed E-state index contributed by atoms with van der Waals surface area (Å²) in [6, 6.07) is 0.665. The predicted molar refractivity (Wildman–Crippen MR) is 87.1 cm³/mol. The molecule has 3 aliphatic carbocycles. The number of rotatable bonds is 3. The molecule has 21 heavy (non-hydrogen) atoms. The summed E-state index contributed by atoms with van der Waals surface area (Å²) in [6.07, 6.45) is 4.62. The number of nitrogens with zero attached hydrogens (tertiary/aromatic N) is 1. The fourth-order valence-electron chi connectivity index (χ4n) is 4.75. The van der Waals surface area contributed by atoms with E-state index in [0.717, 1.165) is 24.3 Å². The molecule has 4 rings (SSSR count). The SMILES string of the molecule is C[C@@H]1[C@H]2C[C@@H](C[C@H]1NCc1[nH]cnc1C(C)(C)C)C2(C)C. The van der Waals surface area contributed by atoms with Gasteiger partial charge in [-0.25, -0.2) is 4.98 Å². The van der Waals surface area contributed by atoms with Crippen LogP contribution in [-0.4, -0.2) is 16.0 Å². The van der Waals surface area contributed by atoms with Gasteiger partial charge >= 0.3 is 0 Å². The number of hydrogen-bond donors (Lipinski definition) is 2. The van der Waals surface area contributed by atoms with Gasteiger partial charge in [-0.1, -0.05) is 41.5 Å². The first-order valence-electron chi connectivity index (χ1n) is 8.47. The molecule has 3 saturated carbocycles. The first-order chi connectivity index (χ1) is 9.71. The maximum absolute atomic E-state index is 4.52. The smallest absolute Gasteiger partial charge is 0.0925 e. The molecule has 3 heteroatoms. The summed E-state index contributed by atoms with van der Waals surface area (Å²) in [5.41, 5.74) is 3.14. The molecule has 1 aromatic heterocycles. The molecule has 0 radical (unpaired) electrons. The summed E-state index contributed by atoms with van der Waals surface area (Å²) in [4.78, 5) is 7.85.